The smallest absolute Gasteiger partial charge is 0.0638 e. The van der Waals surface area contributed by atoms with Crippen molar-refractivity contribution in [3.63, 3.8) is 0 Å². The van der Waals surface area contributed by atoms with Crippen LogP contribution in [-0.2, 0) is 32.2 Å². The zero-order valence-corrected chi connectivity index (χ0v) is 17.2. The van der Waals surface area contributed by atoms with E-state index in [1.165, 1.54) is 106 Å². The fraction of sp³-hybridized carbons (Fsp3) is 0.762. The van der Waals surface area contributed by atoms with Crippen LogP contribution in [0.3, 0.4) is 0 Å². The van der Waals surface area contributed by atoms with Crippen molar-refractivity contribution in [1.29, 1.82) is 5.41 Å². The Morgan fingerprint density at radius 3 is 1.79 bits per heavy atom. The van der Waals surface area contributed by atoms with Crippen molar-refractivity contribution in [2.75, 3.05) is 0 Å². The Morgan fingerprint density at radius 2 is 1.25 bits per heavy atom. The van der Waals surface area contributed by atoms with Crippen LogP contribution in [0.15, 0.2) is 0 Å². The van der Waals surface area contributed by atoms with Crippen molar-refractivity contribution in [2.45, 2.75) is 103 Å². The van der Waals surface area contributed by atoms with E-state index in [0.717, 1.165) is 18.2 Å². The van der Waals surface area contributed by atoms with Gasteiger partial charge in [-0.3, -0.25) is 0 Å². The van der Waals surface area contributed by atoms with Crippen molar-refractivity contribution in [3.05, 3.63) is 27.9 Å². The summed E-state index contributed by atoms with van der Waals surface area (Å²) in [7, 11) is 0. The number of hydrogen-bond acceptors (Lipinski definition) is 1. The standard InChI is InChI=1S/C21H34N2.BrH/c1-2-3-4-5-6-7-8-9-16-23-19-14-10-12-17(19)21(22)18-13-11-15-20(18)23;/h22H,2-16H2,1H3;1H. The van der Waals surface area contributed by atoms with E-state index in [-0.39, 0.29) is 17.0 Å². The van der Waals surface area contributed by atoms with Gasteiger partial charge in [0.15, 0.2) is 0 Å². The Bertz CT molecular complexity index is 550. The molecular weight excluding hydrogens is 360 g/mol. The van der Waals surface area contributed by atoms with Crippen LogP contribution < -0.4 is 5.36 Å². The highest BCUT2D eigenvalue weighted by atomic mass is 79.9. The van der Waals surface area contributed by atoms with Crippen LogP contribution in [0.5, 0.6) is 0 Å². The Balaban J connectivity index is 0.00000208. The minimum Gasteiger partial charge on any atom is -0.348 e. The maximum Gasteiger partial charge on any atom is 0.0638 e. The van der Waals surface area contributed by atoms with E-state index in [1.807, 2.05) is 0 Å². The number of nitrogens with zero attached hydrogens (tertiary/aromatic N) is 1. The number of rotatable bonds is 9. The lowest BCUT2D eigenvalue weighted by molar-refractivity contribution is 0.526. The molecule has 0 spiro atoms. The minimum atomic E-state index is 0. The van der Waals surface area contributed by atoms with Crippen LogP contribution in [-0.4, -0.2) is 4.57 Å². The predicted molar refractivity (Wildman–Crippen MR) is 107 cm³/mol. The molecule has 0 fully saturated rings. The lowest BCUT2D eigenvalue weighted by Crippen LogP contribution is -2.22. The summed E-state index contributed by atoms with van der Waals surface area (Å²) < 4.78 is 2.65. The summed E-state index contributed by atoms with van der Waals surface area (Å²) in [6.45, 7) is 3.50. The Hall–Kier alpha value is -0.570. The first-order valence-corrected chi connectivity index (χ1v) is 10.1. The molecule has 0 aliphatic heterocycles. The number of nitrogens with one attached hydrogen (secondary N) is 1. The summed E-state index contributed by atoms with van der Waals surface area (Å²) in [5.74, 6) is 0. The second-order valence-electron chi connectivity index (χ2n) is 7.56. The third-order valence-corrected chi connectivity index (χ3v) is 5.87. The van der Waals surface area contributed by atoms with Crippen LogP contribution in [0, 0.1) is 5.41 Å². The van der Waals surface area contributed by atoms with Crippen molar-refractivity contribution in [3.8, 4) is 0 Å². The average Bonchev–Trinajstić information content (AvgIpc) is 3.22. The molecular formula is C21H35BrN2. The van der Waals surface area contributed by atoms with Gasteiger partial charge in [-0.15, -0.1) is 17.0 Å². The molecule has 1 aromatic heterocycles. The number of halogens is 1. The number of hydrogen-bond donors (Lipinski definition) is 1. The largest absolute Gasteiger partial charge is 0.348 e. The molecule has 0 amide bonds. The van der Waals surface area contributed by atoms with E-state index in [1.54, 1.807) is 0 Å². The molecule has 0 radical (unpaired) electrons. The lowest BCUT2D eigenvalue weighted by atomic mass is 10.1. The molecule has 2 aliphatic rings. The van der Waals surface area contributed by atoms with Crippen LogP contribution in [0.4, 0.5) is 0 Å². The van der Waals surface area contributed by atoms with E-state index in [2.05, 4.69) is 11.5 Å². The van der Waals surface area contributed by atoms with E-state index < -0.39 is 0 Å². The molecule has 136 valence electrons. The lowest BCUT2D eigenvalue weighted by Gasteiger charge is -2.19. The molecule has 24 heavy (non-hydrogen) atoms. The summed E-state index contributed by atoms with van der Waals surface area (Å²) in [4.78, 5) is 0. The molecule has 0 unspecified atom stereocenters. The van der Waals surface area contributed by atoms with Gasteiger partial charge in [0.1, 0.15) is 0 Å². The van der Waals surface area contributed by atoms with E-state index in [4.69, 9.17) is 5.41 Å². The molecule has 0 aromatic carbocycles. The quantitative estimate of drug-likeness (QED) is 0.523. The Labute approximate surface area is 158 Å². The summed E-state index contributed by atoms with van der Waals surface area (Å²) >= 11 is 0. The van der Waals surface area contributed by atoms with Crippen LogP contribution in [0.2, 0.25) is 0 Å². The highest BCUT2D eigenvalue weighted by molar-refractivity contribution is 8.93. The number of fused-ring (bicyclic) bond motifs is 2. The van der Waals surface area contributed by atoms with Gasteiger partial charge in [-0.05, 0) is 56.1 Å². The van der Waals surface area contributed by atoms with Gasteiger partial charge in [0.25, 0.3) is 0 Å². The van der Waals surface area contributed by atoms with E-state index in [0.29, 0.717) is 0 Å². The summed E-state index contributed by atoms with van der Waals surface area (Å²) in [6.07, 6.45) is 18.4. The molecule has 1 N–H and O–H groups in total. The maximum atomic E-state index is 8.51. The number of pyridine rings is 1. The first kappa shape index (κ1) is 19.8. The monoisotopic (exact) mass is 394 g/mol. The van der Waals surface area contributed by atoms with Crippen molar-refractivity contribution in [1.82, 2.24) is 4.57 Å². The fourth-order valence-electron chi connectivity index (χ4n) is 4.61. The topological polar surface area (TPSA) is 28.8 Å². The number of unbranched alkanes of at least 4 members (excludes halogenated alkanes) is 7. The van der Waals surface area contributed by atoms with Gasteiger partial charge in [-0.2, -0.15) is 0 Å². The molecule has 0 bridgehead atoms. The molecule has 3 heteroatoms. The summed E-state index contributed by atoms with van der Waals surface area (Å²) in [6, 6.07) is 0. The van der Waals surface area contributed by atoms with Crippen molar-refractivity contribution >= 4 is 17.0 Å². The predicted octanol–water partition coefficient (Wildman–Crippen LogP) is 5.66. The third kappa shape index (κ3) is 4.33. The Morgan fingerprint density at radius 1 is 0.750 bits per heavy atom. The average molecular weight is 395 g/mol. The maximum absolute atomic E-state index is 8.51. The second-order valence-corrected chi connectivity index (χ2v) is 7.56. The zero-order valence-electron chi connectivity index (χ0n) is 15.5. The van der Waals surface area contributed by atoms with Gasteiger partial charge >= 0.3 is 0 Å². The van der Waals surface area contributed by atoms with E-state index >= 15 is 0 Å². The molecule has 2 aliphatic carbocycles. The van der Waals surface area contributed by atoms with Crippen LogP contribution in [0.25, 0.3) is 0 Å². The second kappa shape index (κ2) is 9.79. The molecule has 1 aromatic rings. The molecule has 1 heterocycles. The first-order chi connectivity index (χ1) is 11.3. The van der Waals surface area contributed by atoms with Crippen molar-refractivity contribution < 1.29 is 0 Å². The third-order valence-electron chi connectivity index (χ3n) is 5.87. The summed E-state index contributed by atoms with van der Waals surface area (Å²) in [5.41, 5.74) is 5.84. The fourth-order valence-corrected chi connectivity index (χ4v) is 4.61. The Kier molecular flexibility index (Phi) is 8.06. The normalized spacial score (nSPS) is 15.2. The first-order valence-electron chi connectivity index (χ1n) is 10.1. The summed E-state index contributed by atoms with van der Waals surface area (Å²) in [5, 5.41) is 9.43. The van der Waals surface area contributed by atoms with Gasteiger partial charge in [-0.25, -0.2) is 0 Å². The van der Waals surface area contributed by atoms with Gasteiger partial charge in [0.2, 0.25) is 0 Å². The van der Waals surface area contributed by atoms with Crippen LogP contribution >= 0.6 is 17.0 Å². The van der Waals surface area contributed by atoms with Gasteiger partial charge in [0, 0.05) is 17.9 Å². The molecule has 0 saturated heterocycles. The molecule has 0 atom stereocenters. The zero-order chi connectivity index (χ0) is 16.1. The number of aromatic nitrogens is 1. The SMILES string of the molecule is Br.CCCCCCCCCCn1c2c(c(=N)c3c1CCC3)CCC2. The molecule has 3 rings (SSSR count). The minimum absolute atomic E-state index is 0. The molecule has 2 nitrogen and oxygen atoms in total. The molecule has 0 saturated carbocycles. The van der Waals surface area contributed by atoms with Gasteiger partial charge in [-0.1, -0.05) is 51.9 Å². The highest BCUT2D eigenvalue weighted by Gasteiger charge is 2.24. The van der Waals surface area contributed by atoms with Crippen molar-refractivity contribution in [2.24, 2.45) is 0 Å². The highest BCUT2D eigenvalue weighted by Crippen LogP contribution is 2.27. The van der Waals surface area contributed by atoms with Crippen LogP contribution in [0.1, 0.15) is 93.6 Å². The van der Waals surface area contributed by atoms with Gasteiger partial charge < -0.3 is 9.98 Å². The van der Waals surface area contributed by atoms with Gasteiger partial charge in [0.05, 0.1) is 5.36 Å². The van der Waals surface area contributed by atoms with E-state index in [9.17, 15) is 0 Å².